The summed E-state index contributed by atoms with van der Waals surface area (Å²) in [5, 5.41) is 6.48. The summed E-state index contributed by atoms with van der Waals surface area (Å²) in [6.07, 6.45) is 0. The van der Waals surface area contributed by atoms with Gasteiger partial charge in [-0.15, -0.1) is 0 Å². The van der Waals surface area contributed by atoms with Crippen LogP contribution in [-0.4, -0.2) is 30.2 Å². The molecule has 0 fully saturated rings. The SMILES string of the molecule is CN(C)C(=O)Nc1cc(C(C)(C)C)no1. The summed E-state index contributed by atoms with van der Waals surface area (Å²) in [4.78, 5) is 12.7. The van der Waals surface area contributed by atoms with E-state index >= 15 is 0 Å². The predicted octanol–water partition coefficient (Wildman–Crippen LogP) is 2.07. The van der Waals surface area contributed by atoms with Gasteiger partial charge in [0.2, 0.25) is 5.88 Å². The van der Waals surface area contributed by atoms with Crippen molar-refractivity contribution >= 4 is 11.9 Å². The Morgan fingerprint density at radius 1 is 1.47 bits per heavy atom. The van der Waals surface area contributed by atoms with Crippen LogP contribution in [0.2, 0.25) is 0 Å². The normalized spacial score (nSPS) is 11.3. The van der Waals surface area contributed by atoms with Gasteiger partial charge < -0.3 is 9.42 Å². The van der Waals surface area contributed by atoms with Gasteiger partial charge in [0.15, 0.2) is 0 Å². The van der Waals surface area contributed by atoms with Crippen LogP contribution >= 0.6 is 0 Å². The smallest absolute Gasteiger partial charge is 0.323 e. The molecule has 84 valence electrons. The highest BCUT2D eigenvalue weighted by Gasteiger charge is 2.19. The van der Waals surface area contributed by atoms with E-state index in [1.807, 2.05) is 20.8 Å². The first-order chi connectivity index (χ1) is 6.80. The van der Waals surface area contributed by atoms with Crippen molar-refractivity contribution in [2.24, 2.45) is 0 Å². The van der Waals surface area contributed by atoms with Gasteiger partial charge >= 0.3 is 6.03 Å². The average Bonchev–Trinajstić information content (AvgIpc) is 2.51. The molecule has 0 radical (unpaired) electrons. The highest BCUT2D eigenvalue weighted by atomic mass is 16.5. The molecule has 1 aromatic heterocycles. The van der Waals surface area contributed by atoms with Gasteiger partial charge in [-0.1, -0.05) is 25.9 Å². The Morgan fingerprint density at radius 3 is 2.47 bits per heavy atom. The first-order valence-corrected chi connectivity index (χ1v) is 4.76. The molecule has 0 aliphatic carbocycles. The first-order valence-electron chi connectivity index (χ1n) is 4.76. The van der Waals surface area contributed by atoms with Crippen molar-refractivity contribution in [1.29, 1.82) is 0 Å². The van der Waals surface area contributed by atoms with Gasteiger partial charge in [-0.3, -0.25) is 5.32 Å². The van der Waals surface area contributed by atoms with Crippen LogP contribution in [-0.2, 0) is 5.41 Å². The van der Waals surface area contributed by atoms with Crippen molar-refractivity contribution < 1.29 is 9.32 Å². The molecule has 0 atom stereocenters. The second-order valence-electron chi connectivity index (χ2n) is 4.65. The fourth-order valence-electron chi connectivity index (χ4n) is 0.905. The van der Waals surface area contributed by atoms with Gasteiger partial charge in [0.05, 0.1) is 5.69 Å². The molecule has 1 N–H and O–H groups in total. The number of aromatic nitrogens is 1. The van der Waals surface area contributed by atoms with E-state index in [0.717, 1.165) is 5.69 Å². The lowest BCUT2D eigenvalue weighted by atomic mass is 9.92. The standard InChI is InChI=1S/C10H17N3O2/c1-10(2,3)7-6-8(15-12-7)11-9(14)13(4)5/h6H,1-5H3,(H,11,14). The minimum atomic E-state index is -0.230. The summed E-state index contributed by atoms with van der Waals surface area (Å²) >= 11 is 0. The maximum atomic E-state index is 11.3. The Hall–Kier alpha value is -1.52. The molecule has 15 heavy (non-hydrogen) atoms. The molecular weight excluding hydrogens is 194 g/mol. The van der Waals surface area contributed by atoms with E-state index in [4.69, 9.17) is 4.52 Å². The molecule has 0 aliphatic rings. The number of anilines is 1. The number of nitrogens with one attached hydrogen (secondary N) is 1. The second kappa shape index (κ2) is 3.92. The molecule has 0 aliphatic heterocycles. The lowest BCUT2D eigenvalue weighted by Crippen LogP contribution is -2.27. The summed E-state index contributed by atoms with van der Waals surface area (Å²) in [7, 11) is 3.33. The number of hydrogen-bond acceptors (Lipinski definition) is 3. The summed E-state index contributed by atoms with van der Waals surface area (Å²) in [6, 6.07) is 1.51. The molecule has 0 saturated carbocycles. The Labute approximate surface area is 89.4 Å². The van der Waals surface area contributed by atoms with E-state index in [-0.39, 0.29) is 11.4 Å². The number of amides is 2. The molecule has 0 bridgehead atoms. The van der Waals surface area contributed by atoms with Crippen LogP contribution in [0.3, 0.4) is 0 Å². The Morgan fingerprint density at radius 2 is 2.07 bits per heavy atom. The van der Waals surface area contributed by atoms with Crippen LogP contribution < -0.4 is 5.32 Å². The summed E-state index contributed by atoms with van der Waals surface area (Å²) < 4.78 is 5.00. The van der Waals surface area contributed by atoms with Gasteiger partial charge in [0.25, 0.3) is 0 Å². The molecule has 0 aromatic carbocycles. The van der Waals surface area contributed by atoms with Crippen LogP contribution in [0.1, 0.15) is 26.5 Å². The molecule has 5 heteroatoms. The maximum Gasteiger partial charge on any atom is 0.323 e. The van der Waals surface area contributed by atoms with Crippen LogP contribution in [0.25, 0.3) is 0 Å². The quantitative estimate of drug-likeness (QED) is 0.773. The van der Waals surface area contributed by atoms with Gasteiger partial charge in [0.1, 0.15) is 0 Å². The first kappa shape index (κ1) is 11.6. The second-order valence-corrected chi connectivity index (χ2v) is 4.65. The molecule has 0 spiro atoms. The lowest BCUT2D eigenvalue weighted by molar-refractivity contribution is 0.229. The average molecular weight is 211 g/mol. The van der Waals surface area contributed by atoms with Crippen molar-refractivity contribution in [3.63, 3.8) is 0 Å². The van der Waals surface area contributed by atoms with Crippen LogP contribution in [0.15, 0.2) is 10.6 Å². The number of urea groups is 1. The number of carbonyl (C=O) groups is 1. The minimum absolute atomic E-state index is 0.0788. The van der Waals surface area contributed by atoms with E-state index < -0.39 is 0 Å². The number of carbonyl (C=O) groups excluding carboxylic acids is 1. The molecule has 2 amide bonds. The van der Waals surface area contributed by atoms with Gasteiger partial charge in [-0.2, -0.15) is 0 Å². The summed E-state index contributed by atoms with van der Waals surface area (Å²) in [5.74, 6) is 0.374. The number of hydrogen-bond donors (Lipinski definition) is 1. The molecule has 1 aromatic rings. The lowest BCUT2D eigenvalue weighted by Gasteiger charge is -2.12. The van der Waals surface area contributed by atoms with Crippen molar-refractivity contribution in [3.05, 3.63) is 11.8 Å². The summed E-state index contributed by atoms with van der Waals surface area (Å²) in [6.45, 7) is 6.09. The maximum absolute atomic E-state index is 11.3. The molecule has 0 unspecified atom stereocenters. The largest absolute Gasteiger partial charge is 0.338 e. The zero-order valence-electron chi connectivity index (χ0n) is 9.79. The molecule has 5 nitrogen and oxygen atoms in total. The Balaban J connectivity index is 2.73. The fourth-order valence-corrected chi connectivity index (χ4v) is 0.905. The van der Waals surface area contributed by atoms with Crippen molar-refractivity contribution in [2.75, 3.05) is 19.4 Å². The third kappa shape index (κ3) is 2.97. The van der Waals surface area contributed by atoms with Crippen LogP contribution in [0.5, 0.6) is 0 Å². The molecule has 1 heterocycles. The van der Waals surface area contributed by atoms with Crippen LogP contribution in [0, 0.1) is 0 Å². The zero-order valence-corrected chi connectivity index (χ0v) is 9.79. The van der Waals surface area contributed by atoms with Crippen molar-refractivity contribution in [3.8, 4) is 0 Å². The van der Waals surface area contributed by atoms with Gasteiger partial charge in [-0.25, -0.2) is 4.79 Å². The van der Waals surface area contributed by atoms with Crippen LogP contribution in [0.4, 0.5) is 10.7 Å². The zero-order chi connectivity index (χ0) is 11.6. The van der Waals surface area contributed by atoms with E-state index in [0.29, 0.717) is 5.88 Å². The fraction of sp³-hybridized carbons (Fsp3) is 0.600. The van der Waals surface area contributed by atoms with E-state index in [1.54, 1.807) is 20.2 Å². The van der Waals surface area contributed by atoms with E-state index in [2.05, 4.69) is 10.5 Å². The third-order valence-electron chi connectivity index (χ3n) is 1.91. The Kier molecular flexibility index (Phi) is 3.02. The summed E-state index contributed by atoms with van der Waals surface area (Å²) in [5.41, 5.74) is 0.737. The highest BCUT2D eigenvalue weighted by Crippen LogP contribution is 2.23. The van der Waals surface area contributed by atoms with Crippen molar-refractivity contribution in [2.45, 2.75) is 26.2 Å². The highest BCUT2D eigenvalue weighted by molar-refractivity contribution is 5.87. The van der Waals surface area contributed by atoms with Gasteiger partial charge in [0, 0.05) is 25.6 Å². The number of nitrogens with zero attached hydrogens (tertiary/aromatic N) is 2. The van der Waals surface area contributed by atoms with Gasteiger partial charge in [-0.05, 0) is 0 Å². The Bertz CT molecular complexity index is 350. The minimum Gasteiger partial charge on any atom is -0.338 e. The molecule has 0 saturated heterocycles. The van der Waals surface area contributed by atoms with Crippen molar-refractivity contribution in [1.82, 2.24) is 10.1 Å². The molecular formula is C10H17N3O2. The molecule has 1 rings (SSSR count). The predicted molar refractivity (Wildman–Crippen MR) is 57.9 cm³/mol. The topological polar surface area (TPSA) is 58.4 Å². The van der Waals surface area contributed by atoms with E-state index in [1.165, 1.54) is 4.90 Å². The van der Waals surface area contributed by atoms with E-state index in [9.17, 15) is 4.79 Å². The monoisotopic (exact) mass is 211 g/mol. The number of rotatable bonds is 1. The third-order valence-corrected chi connectivity index (χ3v) is 1.91.